The number of hydrogen-bond acceptors (Lipinski definition) is 4. The molecule has 22 heavy (non-hydrogen) atoms. The first kappa shape index (κ1) is 14.3. The summed E-state index contributed by atoms with van der Waals surface area (Å²) in [6.45, 7) is 0. The molecule has 1 amide bonds. The summed E-state index contributed by atoms with van der Waals surface area (Å²) in [5, 5.41) is 11.9. The van der Waals surface area contributed by atoms with Crippen molar-refractivity contribution in [2.24, 2.45) is 5.92 Å². The van der Waals surface area contributed by atoms with Crippen molar-refractivity contribution in [2.75, 3.05) is 0 Å². The van der Waals surface area contributed by atoms with Crippen molar-refractivity contribution < 1.29 is 19.1 Å². The molecule has 1 aromatic heterocycles. The van der Waals surface area contributed by atoms with Gasteiger partial charge in [-0.05, 0) is 25.0 Å². The molecule has 6 heteroatoms. The first-order valence-electron chi connectivity index (χ1n) is 7.20. The number of aliphatic carboxylic acids is 1. The number of nitrogens with one attached hydrogen (secondary N) is 1. The lowest BCUT2D eigenvalue weighted by Crippen LogP contribution is -2.40. The van der Waals surface area contributed by atoms with Crippen molar-refractivity contribution in [1.82, 2.24) is 10.3 Å². The van der Waals surface area contributed by atoms with Crippen molar-refractivity contribution >= 4 is 11.9 Å². The van der Waals surface area contributed by atoms with Crippen molar-refractivity contribution in [3.63, 3.8) is 0 Å². The molecule has 0 bridgehead atoms. The Hall–Kier alpha value is -2.63. The Balaban J connectivity index is 1.71. The summed E-state index contributed by atoms with van der Waals surface area (Å²) in [4.78, 5) is 27.5. The van der Waals surface area contributed by atoms with Gasteiger partial charge in [-0.25, -0.2) is 4.98 Å². The summed E-state index contributed by atoms with van der Waals surface area (Å²) in [6, 6.07) is 8.92. The maximum Gasteiger partial charge on any atom is 0.308 e. The molecule has 1 heterocycles. The smallest absolute Gasteiger partial charge is 0.308 e. The standard InChI is InChI=1S/C16H16N2O4/c19-14(17-12-8-4-7-11(12)16(20)21)13-9-22-15(18-13)10-5-2-1-3-6-10/h1-3,5-6,9,11-12H,4,7-8H2,(H,17,19)(H,20,21)/t11-,12-/m0/s1. The van der Waals surface area contributed by atoms with Crippen LogP contribution in [0.1, 0.15) is 29.8 Å². The third-order valence-electron chi connectivity index (χ3n) is 3.91. The van der Waals surface area contributed by atoms with Gasteiger partial charge >= 0.3 is 5.97 Å². The highest BCUT2D eigenvalue weighted by Crippen LogP contribution is 2.26. The molecule has 1 aliphatic rings. The second-order valence-electron chi connectivity index (χ2n) is 5.36. The van der Waals surface area contributed by atoms with Gasteiger partial charge in [0.05, 0.1) is 5.92 Å². The third-order valence-corrected chi connectivity index (χ3v) is 3.91. The van der Waals surface area contributed by atoms with Crippen LogP contribution in [0, 0.1) is 5.92 Å². The number of carbonyl (C=O) groups excluding carboxylic acids is 1. The van der Waals surface area contributed by atoms with Gasteiger partial charge in [0.25, 0.3) is 5.91 Å². The number of rotatable bonds is 4. The minimum Gasteiger partial charge on any atom is -0.481 e. The highest BCUT2D eigenvalue weighted by Gasteiger charge is 2.34. The van der Waals surface area contributed by atoms with Gasteiger partial charge in [-0.2, -0.15) is 0 Å². The highest BCUT2D eigenvalue weighted by atomic mass is 16.4. The molecular formula is C16H16N2O4. The average molecular weight is 300 g/mol. The summed E-state index contributed by atoms with van der Waals surface area (Å²) in [6.07, 6.45) is 3.36. The summed E-state index contributed by atoms with van der Waals surface area (Å²) in [7, 11) is 0. The van der Waals surface area contributed by atoms with Crippen LogP contribution < -0.4 is 5.32 Å². The molecule has 2 atom stereocenters. The van der Waals surface area contributed by atoms with Crippen molar-refractivity contribution in [3.8, 4) is 11.5 Å². The number of hydrogen-bond donors (Lipinski definition) is 2. The van der Waals surface area contributed by atoms with E-state index < -0.39 is 17.8 Å². The number of amides is 1. The molecule has 114 valence electrons. The van der Waals surface area contributed by atoms with E-state index >= 15 is 0 Å². The first-order chi connectivity index (χ1) is 10.6. The zero-order chi connectivity index (χ0) is 15.5. The fourth-order valence-electron chi connectivity index (χ4n) is 2.76. The number of benzene rings is 1. The zero-order valence-electron chi connectivity index (χ0n) is 11.9. The van der Waals surface area contributed by atoms with Gasteiger partial charge in [-0.1, -0.05) is 24.6 Å². The second-order valence-corrected chi connectivity index (χ2v) is 5.36. The van der Waals surface area contributed by atoms with E-state index in [4.69, 9.17) is 9.52 Å². The van der Waals surface area contributed by atoms with Crippen LogP contribution in [-0.4, -0.2) is 28.0 Å². The van der Waals surface area contributed by atoms with Crippen LogP contribution in [-0.2, 0) is 4.79 Å². The fourth-order valence-corrected chi connectivity index (χ4v) is 2.76. The highest BCUT2D eigenvalue weighted by molar-refractivity contribution is 5.93. The monoisotopic (exact) mass is 300 g/mol. The largest absolute Gasteiger partial charge is 0.481 e. The van der Waals surface area contributed by atoms with Gasteiger partial charge in [0.1, 0.15) is 6.26 Å². The number of carboxylic acids is 1. The quantitative estimate of drug-likeness (QED) is 0.904. The molecule has 1 aliphatic carbocycles. The minimum atomic E-state index is -0.868. The normalized spacial score (nSPS) is 20.7. The van der Waals surface area contributed by atoms with Gasteiger partial charge in [0.15, 0.2) is 5.69 Å². The maximum atomic E-state index is 12.2. The van der Waals surface area contributed by atoms with E-state index in [9.17, 15) is 9.59 Å². The van der Waals surface area contributed by atoms with E-state index in [1.807, 2.05) is 30.3 Å². The predicted octanol–water partition coefficient (Wildman–Crippen LogP) is 2.32. The summed E-state index contributed by atoms with van der Waals surface area (Å²) >= 11 is 0. The molecule has 0 unspecified atom stereocenters. The second kappa shape index (κ2) is 6.01. The summed E-state index contributed by atoms with van der Waals surface area (Å²) in [5.74, 6) is -1.42. The van der Waals surface area contributed by atoms with E-state index in [0.717, 1.165) is 12.0 Å². The molecule has 0 aliphatic heterocycles. The molecule has 3 rings (SSSR count). The van der Waals surface area contributed by atoms with E-state index in [-0.39, 0.29) is 11.7 Å². The van der Waals surface area contributed by atoms with Crippen LogP contribution in [0.3, 0.4) is 0 Å². The molecule has 0 radical (unpaired) electrons. The fraction of sp³-hybridized carbons (Fsp3) is 0.312. The average Bonchev–Trinajstić information content (AvgIpc) is 3.17. The van der Waals surface area contributed by atoms with E-state index in [2.05, 4.69) is 10.3 Å². The van der Waals surface area contributed by atoms with Crippen LogP contribution >= 0.6 is 0 Å². The maximum absolute atomic E-state index is 12.2. The predicted molar refractivity (Wildman–Crippen MR) is 78.2 cm³/mol. The molecule has 1 aromatic carbocycles. The van der Waals surface area contributed by atoms with Crippen LogP contribution in [0.5, 0.6) is 0 Å². The Morgan fingerprint density at radius 1 is 1.23 bits per heavy atom. The van der Waals surface area contributed by atoms with Gasteiger partial charge in [-0.15, -0.1) is 0 Å². The molecule has 6 nitrogen and oxygen atoms in total. The van der Waals surface area contributed by atoms with Gasteiger partial charge in [0.2, 0.25) is 5.89 Å². The van der Waals surface area contributed by atoms with Crippen LogP contribution in [0.4, 0.5) is 0 Å². The topological polar surface area (TPSA) is 92.4 Å². The van der Waals surface area contributed by atoms with E-state index in [1.54, 1.807) is 0 Å². The number of carbonyl (C=O) groups is 2. The van der Waals surface area contributed by atoms with Crippen molar-refractivity contribution in [2.45, 2.75) is 25.3 Å². The zero-order valence-corrected chi connectivity index (χ0v) is 11.9. The van der Waals surface area contributed by atoms with Crippen LogP contribution in [0.15, 0.2) is 41.0 Å². The third kappa shape index (κ3) is 2.86. The molecule has 2 aromatic rings. The molecule has 1 saturated carbocycles. The first-order valence-corrected chi connectivity index (χ1v) is 7.20. The van der Waals surface area contributed by atoms with Crippen LogP contribution in [0.25, 0.3) is 11.5 Å². The molecule has 2 N–H and O–H groups in total. The van der Waals surface area contributed by atoms with E-state index in [0.29, 0.717) is 18.7 Å². The Morgan fingerprint density at radius 3 is 2.73 bits per heavy atom. The number of oxazole rings is 1. The SMILES string of the molecule is O=C(N[C@H]1CCC[C@@H]1C(=O)O)c1coc(-c2ccccc2)n1. The van der Waals surface area contributed by atoms with Crippen molar-refractivity contribution in [1.29, 1.82) is 0 Å². The van der Waals surface area contributed by atoms with Crippen molar-refractivity contribution in [3.05, 3.63) is 42.3 Å². The Labute approximate surface area is 127 Å². The Bertz CT molecular complexity index is 680. The minimum absolute atomic E-state index is 0.162. The summed E-state index contributed by atoms with van der Waals surface area (Å²) < 4.78 is 5.32. The van der Waals surface area contributed by atoms with Gasteiger partial charge in [0, 0.05) is 11.6 Å². The number of nitrogens with zero attached hydrogens (tertiary/aromatic N) is 1. The number of carboxylic acid groups (broad SMARTS) is 1. The molecule has 1 fully saturated rings. The number of aromatic nitrogens is 1. The Kier molecular flexibility index (Phi) is 3.91. The lowest BCUT2D eigenvalue weighted by molar-refractivity contribution is -0.142. The van der Waals surface area contributed by atoms with Crippen LogP contribution in [0.2, 0.25) is 0 Å². The molecule has 0 saturated heterocycles. The molecular weight excluding hydrogens is 284 g/mol. The summed E-state index contributed by atoms with van der Waals surface area (Å²) in [5.41, 5.74) is 0.945. The molecule has 0 spiro atoms. The van der Waals surface area contributed by atoms with Gasteiger partial charge < -0.3 is 14.8 Å². The van der Waals surface area contributed by atoms with E-state index in [1.165, 1.54) is 6.26 Å². The van der Waals surface area contributed by atoms with Gasteiger partial charge in [-0.3, -0.25) is 9.59 Å². The lowest BCUT2D eigenvalue weighted by atomic mass is 10.0. The Morgan fingerprint density at radius 2 is 2.00 bits per heavy atom. The lowest BCUT2D eigenvalue weighted by Gasteiger charge is -2.16.